The normalized spacial score (nSPS) is 14.1. The van der Waals surface area contributed by atoms with Gasteiger partial charge in [0.05, 0.1) is 16.1 Å². The van der Waals surface area contributed by atoms with Crippen molar-refractivity contribution in [1.29, 1.82) is 5.26 Å². The second-order valence-electron chi connectivity index (χ2n) is 8.31. The summed E-state index contributed by atoms with van der Waals surface area (Å²) >= 11 is 6.48. The lowest BCUT2D eigenvalue weighted by Crippen LogP contribution is -2.05. The third-order valence-electron chi connectivity index (χ3n) is 6.08. The van der Waals surface area contributed by atoms with Crippen LogP contribution in [0.15, 0.2) is 79.1 Å². The second-order valence-corrected chi connectivity index (χ2v) is 8.71. The van der Waals surface area contributed by atoms with E-state index in [0.717, 1.165) is 24.0 Å². The number of nitrogens with zero attached hydrogens (tertiary/aromatic N) is 2. The molecule has 0 aliphatic heterocycles. The van der Waals surface area contributed by atoms with E-state index in [-0.39, 0.29) is 12.7 Å². The van der Waals surface area contributed by atoms with Crippen LogP contribution in [0.25, 0.3) is 11.1 Å². The van der Waals surface area contributed by atoms with Gasteiger partial charge in [-0.25, -0.2) is 0 Å². The van der Waals surface area contributed by atoms with Gasteiger partial charge in [-0.3, -0.25) is 9.78 Å². The van der Waals surface area contributed by atoms with Crippen molar-refractivity contribution in [2.75, 3.05) is 0 Å². The number of benzene rings is 3. The van der Waals surface area contributed by atoms with Crippen LogP contribution in [0.3, 0.4) is 0 Å². The molecule has 0 fully saturated rings. The van der Waals surface area contributed by atoms with E-state index in [1.54, 1.807) is 24.4 Å². The summed E-state index contributed by atoms with van der Waals surface area (Å²) in [7, 11) is 0. The molecule has 0 saturated heterocycles. The minimum Gasteiger partial charge on any atom is -0.488 e. The van der Waals surface area contributed by atoms with Crippen LogP contribution < -0.4 is 9.47 Å². The highest BCUT2D eigenvalue weighted by molar-refractivity contribution is 6.32. The monoisotopic (exact) mass is 480 g/mol. The number of hydrogen-bond acceptors (Lipinski definition) is 5. The van der Waals surface area contributed by atoms with Gasteiger partial charge in [-0.1, -0.05) is 60.1 Å². The molecule has 6 heteroatoms. The van der Waals surface area contributed by atoms with Crippen molar-refractivity contribution >= 4 is 17.9 Å². The van der Waals surface area contributed by atoms with E-state index in [4.69, 9.17) is 26.3 Å². The van der Waals surface area contributed by atoms with Crippen LogP contribution >= 0.6 is 11.6 Å². The Balaban J connectivity index is 1.40. The van der Waals surface area contributed by atoms with Crippen LogP contribution in [0.2, 0.25) is 5.02 Å². The van der Waals surface area contributed by atoms with Gasteiger partial charge in [0.2, 0.25) is 0 Å². The Kier molecular flexibility index (Phi) is 6.47. The summed E-state index contributed by atoms with van der Waals surface area (Å²) in [6.07, 6.45) is 5.38. The maximum Gasteiger partial charge on any atom is 0.153 e. The Morgan fingerprint density at radius 3 is 2.71 bits per heavy atom. The molecule has 35 heavy (non-hydrogen) atoms. The van der Waals surface area contributed by atoms with Gasteiger partial charge in [0.1, 0.15) is 30.3 Å². The first kappa shape index (κ1) is 22.6. The molecular formula is C29H21ClN2O3. The number of carbonyl (C=O) groups excluding carboxylic acids is 1. The fourth-order valence-electron chi connectivity index (χ4n) is 4.43. The van der Waals surface area contributed by atoms with Crippen molar-refractivity contribution in [2.24, 2.45) is 0 Å². The Morgan fingerprint density at radius 2 is 1.91 bits per heavy atom. The first-order chi connectivity index (χ1) is 17.2. The molecular weight excluding hydrogens is 460 g/mol. The lowest BCUT2D eigenvalue weighted by Gasteiger charge is -2.18. The molecule has 0 radical (unpaired) electrons. The Bertz CT molecular complexity index is 1430. The fourth-order valence-corrected chi connectivity index (χ4v) is 4.64. The molecule has 0 unspecified atom stereocenters. The molecule has 3 aromatic carbocycles. The standard InChI is InChI=1S/C29H21ClN2O3/c30-26-12-22(17-33)28(34-18-20-11-19(14-31)15-32-16-20)13-29(26)35-27-10-9-24-23(7-4-8-25(24)27)21-5-2-1-3-6-21/h1-8,11-13,15-17,27H,9-10,18H2/t27-/m0/s1. The molecule has 1 aliphatic carbocycles. The SMILES string of the molecule is N#Cc1cncc(COc2cc(O[C@H]3CCc4c(-c5ccccc5)cccc43)c(Cl)cc2C=O)c1. The zero-order chi connectivity index (χ0) is 24.2. The number of nitriles is 1. The summed E-state index contributed by atoms with van der Waals surface area (Å²) in [6.45, 7) is 0.150. The van der Waals surface area contributed by atoms with Crippen molar-refractivity contribution in [3.8, 4) is 28.7 Å². The number of halogens is 1. The molecule has 1 atom stereocenters. The first-order valence-corrected chi connectivity index (χ1v) is 11.6. The molecule has 1 aliphatic rings. The molecule has 5 rings (SSSR count). The minimum absolute atomic E-state index is 0.150. The van der Waals surface area contributed by atoms with Crippen molar-refractivity contribution < 1.29 is 14.3 Å². The topological polar surface area (TPSA) is 72.2 Å². The highest BCUT2D eigenvalue weighted by Crippen LogP contribution is 2.42. The summed E-state index contributed by atoms with van der Waals surface area (Å²) in [5, 5.41) is 9.42. The van der Waals surface area contributed by atoms with E-state index in [1.165, 1.54) is 22.9 Å². The maximum absolute atomic E-state index is 11.6. The number of aromatic nitrogens is 1. The van der Waals surface area contributed by atoms with Crippen LogP contribution in [0.4, 0.5) is 0 Å². The Hall–Kier alpha value is -4.14. The van der Waals surface area contributed by atoms with Crippen LogP contribution in [-0.4, -0.2) is 11.3 Å². The molecule has 5 nitrogen and oxygen atoms in total. The van der Waals surface area contributed by atoms with Gasteiger partial charge >= 0.3 is 0 Å². The number of carbonyl (C=O) groups is 1. The van der Waals surface area contributed by atoms with Crippen molar-refractivity contribution in [1.82, 2.24) is 4.98 Å². The first-order valence-electron chi connectivity index (χ1n) is 11.3. The quantitative estimate of drug-likeness (QED) is 0.274. The van der Waals surface area contributed by atoms with Crippen LogP contribution in [0.5, 0.6) is 11.5 Å². The van der Waals surface area contributed by atoms with Gasteiger partial charge in [0.25, 0.3) is 0 Å². The van der Waals surface area contributed by atoms with E-state index < -0.39 is 0 Å². The number of fused-ring (bicyclic) bond motifs is 1. The summed E-state index contributed by atoms with van der Waals surface area (Å²) in [5.74, 6) is 0.817. The van der Waals surface area contributed by atoms with E-state index in [1.807, 2.05) is 18.2 Å². The molecule has 4 aromatic rings. The number of ether oxygens (including phenoxy) is 2. The Labute approximate surface area is 208 Å². The number of pyridine rings is 1. The van der Waals surface area contributed by atoms with Gasteiger partial charge in [0.15, 0.2) is 6.29 Å². The van der Waals surface area contributed by atoms with E-state index in [9.17, 15) is 4.79 Å². The van der Waals surface area contributed by atoms with E-state index in [2.05, 4.69) is 41.4 Å². The predicted molar refractivity (Wildman–Crippen MR) is 134 cm³/mol. The van der Waals surface area contributed by atoms with Gasteiger partial charge in [-0.05, 0) is 47.2 Å². The molecule has 172 valence electrons. The predicted octanol–water partition coefficient (Wildman–Crippen LogP) is 6.73. The van der Waals surface area contributed by atoms with Crippen molar-refractivity contribution in [2.45, 2.75) is 25.6 Å². The van der Waals surface area contributed by atoms with Crippen molar-refractivity contribution in [3.05, 3.63) is 112 Å². The van der Waals surface area contributed by atoms with Gasteiger partial charge in [-0.15, -0.1) is 0 Å². The number of aldehydes is 1. The summed E-state index contributed by atoms with van der Waals surface area (Å²) in [6, 6.07) is 23.6. The molecule has 1 aromatic heterocycles. The third-order valence-corrected chi connectivity index (χ3v) is 6.37. The Morgan fingerprint density at radius 1 is 1.06 bits per heavy atom. The third kappa shape index (κ3) is 4.75. The van der Waals surface area contributed by atoms with Crippen LogP contribution in [0.1, 0.15) is 45.1 Å². The highest BCUT2D eigenvalue weighted by atomic mass is 35.5. The molecule has 0 spiro atoms. The zero-order valence-corrected chi connectivity index (χ0v) is 19.5. The fraction of sp³-hybridized carbons (Fsp3) is 0.138. The largest absolute Gasteiger partial charge is 0.488 e. The smallest absolute Gasteiger partial charge is 0.153 e. The highest BCUT2D eigenvalue weighted by Gasteiger charge is 2.27. The average Bonchev–Trinajstić information content (AvgIpc) is 3.32. The van der Waals surface area contributed by atoms with Gasteiger partial charge in [0, 0.05) is 24.0 Å². The van der Waals surface area contributed by atoms with Gasteiger partial charge < -0.3 is 9.47 Å². The summed E-state index contributed by atoms with van der Waals surface area (Å²) in [5.41, 5.74) is 6.31. The number of hydrogen-bond donors (Lipinski definition) is 0. The number of rotatable bonds is 7. The summed E-state index contributed by atoms with van der Waals surface area (Å²) < 4.78 is 12.3. The zero-order valence-electron chi connectivity index (χ0n) is 18.8. The van der Waals surface area contributed by atoms with Crippen LogP contribution in [-0.2, 0) is 13.0 Å². The van der Waals surface area contributed by atoms with E-state index >= 15 is 0 Å². The maximum atomic E-state index is 11.6. The van der Waals surface area contributed by atoms with Gasteiger partial charge in [-0.2, -0.15) is 5.26 Å². The molecule has 0 amide bonds. The minimum atomic E-state index is -0.155. The molecule has 0 N–H and O–H groups in total. The lowest BCUT2D eigenvalue weighted by molar-refractivity contribution is 0.111. The molecule has 1 heterocycles. The van der Waals surface area contributed by atoms with Crippen molar-refractivity contribution in [3.63, 3.8) is 0 Å². The van der Waals surface area contributed by atoms with E-state index in [0.29, 0.717) is 33.9 Å². The lowest BCUT2D eigenvalue weighted by atomic mass is 9.97. The summed E-state index contributed by atoms with van der Waals surface area (Å²) in [4.78, 5) is 15.7. The second kappa shape index (κ2) is 10.0. The molecule has 0 bridgehead atoms. The average molecular weight is 481 g/mol. The van der Waals surface area contributed by atoms with Crippen LogP contribution in [0, 0.1) is 11.3 Å². The molecule has 0 saturated carbocycles.